The fraction of sp³-hybridized carbons (Fsp3) is 0.188. The van der Waals surface area contributed by atoms with Gasteiger partial charge in [-0.05, 0) is 25.1 Å². The molecule has 0 aliphatic rings. The monoisotopic (exact) mass is 380 g/mol. The number of hydrogen-bond acceptors (Lipinski definition) is 6. The molecule has 3 heterocycles. The standard InChI is InChI=1S/C16H12F4N6O/c1-6-8-4-7(17)2-3-10(8)27-11(6)12(16(18,19)20)24-15-23-9-5-22-14(21)25-13(9)26-15/h2-5,12H,1H3,(H4,21,22,23,24,25,26)/t12-/m0/s1. The zero-order valence-corrected chi connectivity index (χ0v) is 13.7. The van der Waals surface area contributed by atoms with E-state index < -0.39 is 18.0 Å². The second-order valence-electron chi connectivity index (χ2n) is 5.90. The van der Waals surface area contributed by atoms with Gasteiger partial charge in [0.2, 0.25) is 11.9 Å². The van der Waals surface area contributed by atoms with Crippen molar-refractivity contribution < 1.29 is 22.0 Å². The number of nitrogen functional groups attached to an aromatic ring is 1. The van der Waals surface area contributed by atoms with Crippen LogP contribution in [0.15, 0.2) is 28.8 Å². The van der Waals surface area contributed by atoms with Crippen LogP contribution in [-0.4, -0.2) is 26.1 Å². The molecule has 0 amide bonds. The third-order valence-corrected chi connectivity index (χ3v) is 4.06. The number of anilines is 2. The predicted molar refractivity (Wildman–Crippen MR) is 89.4 cm³/mol. The summed E-state index contributed by atoms with van der Waals surface area (Å²) in [5, 5.41) is 2.54. The van der Waals surface area contributed by atoms with E-state index in [1.807, 2.05) is 0 Å². The SMILES string of the molecule is Cc1c([C@H](Nc2nc3nc(N)ncc3[nH]2)C(F)(F)F)oc2ccc(F)cc12. The van der Waals surface area contributed by atoms with E-state index in [9.17, 15) is 17.6 Å². The normalized spacial score (nSPS) is 13.4. The van der Waals surface area contributed by atoms with Gasteiger partial charge in [-0.2, -0.15) is 23.1 Å². The summed E-state index contributed by atoms with van der Waals surface area (Å²) in [5.41, 5.74) is 6.22. The minimum atomic E-state index is -4.71. The van der Waals surface area contributed by atoms with E-state index in [0.29, 0.717) is 5.52 Å². The van der Waals surface area contributed by atoms with Crippen LogP contribution >= 0.6 is 0 Å². The summed E-state index contributed by atoms with van der Waals surface area (Å²) in [6.07, 6.45) is -3.39. The molecule has 4 aromatic rings. The maximum Gasteiger partial charge on any atom is 0.415 e. The van der Waals surface area contributed by atoms with Gasteiger partial charge in [-0.25, -0.2) is 9.37 Å². The Labute approximate surface area is 148 Å². The van der Waals surface area contributed by atoms with E-state index in [1.165, 1.54) is 19.2 Å². The van der Waals surface area contributed by atoms with Crippen LogP contribution in [0, 0.1) is 12.7 Å². The lowest BCUT2D eigenvalue weighted by atomic mass is 10.1. The molecule has 0 spiro atoms. The van der Waals surface area contributed by atoms with Crippen molar-refractivity contribution in [2.45, 2.75) is 19.1 Å². The van der Waals surface area contributed by atoms with Crippen LogP contribution in [0.5, 0.6) is 0 Å². The Hall–Kier alpha value is -3.37. The highest BCUT2D eigenvalue weighted by Gasteiger charge is 2.45. The fourth-order valence-electron chi connectivity index (χ4n) is 2.81. The van der Waals surface area contributed by atoms with Crippen molar-refractivity contribution in [1.82, 2.24) is 19.9 Å². The first-order chi connectivity index (χ1) is 12.7. The van der Waals surface area contributed by atoms with Gasteiger partial charge in [-0.1, -0.05) is 0 Å². The third kappa shape index (κ3) is 3.00. The number of aryl methyl sites for hydroxylation is 1. The van der Waals surface area contributed by atoms with Crippen LogP contribution in [0.4, 0.5) is 29.5 Å². The average Bonchev–Trinajstić information content (AvgIpc) is 3.12. The molecular formula is C16H12F4N6O. The topological polar surface area (TPSA) is 106 Å². The maximum atomic E-state index is 13.7. The Morgan fingerprint density at radius 2 is 2.04 bits per heavy atom. The number of H-pyrrole nitrogens is 1. The third-order valence-electron chi connectivity index (χ3n) is 4.06. The maximum absolute atomic E-state index is 13.7. The number of nitrogens with one attached hydrogen (secondary N) is 2. The molecule has 0 aliphatic heterocycles. The van der Waals surface area contributed by atoms with Crippen LogP contribution in [0.25, 0.3) is 22.1 Å². The summed E-state index contributed by atoms with van der Waals surface area (Å²) in [5.74, 6) is -1.18. The molecule has 11 heteroatoms. The smallest absolute Gasteiger partial charge is 0.415 e. The highest BCUT2D eigenvalue weighted by molar-refractivity contribution is 5.82. The first kappa shape index (κ1) is 17.1. The Kier molecular flexibility index (Phi) is 3.68. The number of furan rings is 1. The number of nitrogens with zero attached hydrogens (tertiary/aromatic N) is 3. The summed E-state index contributed by atoms with van der Waals surface area (Å²) in [6.45, 7) is 1.44. The number of hydrogen-bond donors (Lipinski definition) is 3. The minimum Gasteiger partial charge on any atom is -0.458 e. The van der Waals surface area contributed by atoms with Crippen LogP contribution in [0.3, 0.4) is 0 Å². The Bertz CT molecular complexity index is 1150. The van der Waals surface area contributed by atoms with Crippen molar-refractivity contribution in [2.24, 2.45) is 0 Å². The molecule has 4 N–H and O–H groups in total. The predicted octanol–water partition coefficient (Wildman–Crippen LogP) is 3.84. The molecular weight excluding hydrogens is 368 g/mol. The number of aromatic nitrogens is 4. The molecule has 0 fully saturated rings. The van der Waals surface area contributed by atoms with Crippen molar-refractivity contribution in [1.29, 1.82) is 0 Å². The number of nitrogens with two attached hydrogens (primary N) is 1. The number of alkyl halides is 3. The molecule has 4 rings (SSSR count). The lowest BCUT2D eigenvalue weighted by Crippen LogP contribution is -2.28. The first-order valence-corrected chi connectivity index (χ1v) is 7.72. The number of halogens is 4. The van der Waals surface area contributed by atoms with E-state index in [1.54, 1.807) is 0 Å². The molecule has 0 aliphatic carbocycles. The Morgan fingerprint density at radius 1 is 1.26 bits per heavy atom. The van der Waals surface area contributed by atoms with Crippen molar-refractivity contribution in [3.05, 3.63) is 41.5 Å². The molecule has 0 unspecified atom stereocenters. The zero-order valence-electron chi connectivity index (χ0n) is 13.7. The molecule has 0 bridgehead atoms. The molecule has 0 saturated carbocycles. The Balaban J connectivity index is 1.78. The van der Waals surface area contributed by atoms with Crippen molar-refractivity contribution in [3.63, 3.8) is 0 Å². The van der Waals surface area contributed by atoms with Crippen molar-refractivity contribution >= 4 is 34.0 Å². The average molecular weight is 380 g/mol. The fourth-order valence-corrected chi connectivity index (χ4v) is 2.81. The Morgan fingerprint density at radius 3 is 2.78 bits per heavy atom. The van der Waals surface area contributed by atoms with Gasteiger partial charge >= 0.3 is 6.18 Å². The molecule has 0 saturated heterocycles. The second kappa shape index (κ2) is 5.83. The van der Waals surface area contributed by atoms with Crippen LogP contribution < -0.4 is 11.1 Å². The molecule has 1 atom stereocenters. The van der Waals surface area contributed by atoms with Gasteiger partial charge in [0.1, 0.15) is 22.7 Å². The van der Waals surface area contributed by atoms with Gasteiger partial charge < -0.3 is 20.5 Å². The van der Waals surface area contributed by atoms with Crippen LogP contribution in [0.1, 0.15) is 17.4 Å². The number of imidazole rings is 1. The van der Waals surface area contributed by atoms with E-state index in [-0.39, 0.29) is 39.8 Å². The van der Waals surface area contributed by atoms with Crippen molar-refractivity contribution in [2.75, 3.05) is 11.1 Å². The lowest BCUT2D eigenvalue weighted by Gasteiger charge is -2.20. The van der Waals surface area contributed by atoms with Gasteiger partial charge in [0.15, 0.2) is 11.7 Å². The summed E-state index contributed by atoms with van der Waals surface area (Å²) < 4.78 is 59.9. The van der Waals surface area contributed by atoms with E-state index >= 15 is 0 Å². The first-order valence-electron chi connectivity index (χ1n) is 7.72. The second-order valence-corrected chi connectivity index (χ2v) is 5.90. The quantitative estimate of drug-likeness (QED) is 0.466. The van der Waals surface area contributed by atoms with E-state index in [0.717, 1.165) is 12.1 Å². The summed E-state index contributed by atoms with van der Waals surface area (Å²) in [4.78, 5) is 14.2. The largest absolute Gasteiger partial charge is 0.458 e. The lowest BCUT2D eigenvalue weighted by molar-refractivity contribution is -0.147. The van der Waals surface area contributed by atoms with E-state index in [4.69, 9.17) is 10.2 Å². The van der Waals surface area contributed by atoms with Gasteiger partial charge in [0, 0.05) is 10.9 Å². The van der Waals surface area contributed by atoms with Gasteiger partial charge in [0.05, 0.1) is 6.20 Å². The van der Waals surface area contributed by atoms with Crippen molar-refractivity contribution in [3.8, 4) is 0 Å². The molecule has 1 aromatic carbocycles. The zero-order chi connectivity index (χ0) is 19.3. The number of benzene rings is 1. The van der Waals surface area contributed by atoms with Gasteiger partial charge in [-0.3, -0.25) is 0 Å². The summed E-state index contributed by atoms with van der Waals surface area (Å²) in [6, 6.07) is 1.32. The summed E-state index contributed by atoms with van der Waals surface area (Å²) in [7, 11) is 0. The molecule has 7 nitrogen and oxygen atoms in total. The highest BCUT2D eigenvalue weighted by atomic mass is 19.4. The molecule has 27 heavy (non-hydrogen) atoms. The number of rotatable bonds is 3. The van der Waals surface area contributed by atoms with Crippen LogP contribution in [0.2, 0.25) is 0 Å². The van der Waals surface area contributed by atoms with Gasteiger partial charge in [0.25, 0.3) is 0 Å². The minimum absolute atomic E-state index is 0.0527. The molecule has 0 radical (unpaired) electrons. The summed E-state index contributed by atoms with van der Waals surface area (Å²) >= 11 is 0. The highest BCUT2D eigenvalue weighted by Crippen LogP contribution is 2.40. The number of fused-ring (bicyclic) bond motifs is 2. The molecule has 140 valence electrons. The van der Waals surface area contributed by atoms with Crippen LogP contribution in [-0.2, 0) is 0 Å². The molecule has 3 aromatic heterocycles. The number of aromatic amines is 1. The van der Waals surface area contributed by atoms with Gasteiger partial charge in [-0.15, -0.1) is 0 Å². The van der Waals surface area contributed by atoms with E-state index in [2.05, 4.69) is 25.3 Å².